The topological polar surface area (TPSA) is 89.5 Å². The predicted molar refractivity (Wildman–Crippen MR) is 75.5 cm³/mol. The number of benzene rings is 1. The summed E-state index contributed by atoms with van der Waals surface area (Å²) in [4.78, 5) is 24.2. The van der Waals surface area contributed by atoms with E-state index in [0.29, 0.717) is 19.5 Å². The molecule has 1 fully saturated rings. The van der Waals surface area contributed by atoms with E-state index in [1.165, 1.54) is 11.8 Å². The van der Waals surface area contributed by atoms with Crippen LogP contribution in [0.2, 0.25) is 0 Å². The van der Waals surface area contributed by atoms with Gasteiger partial charge in [-0.1, -0.05) is 6.92 Å². The van der Waals surface area contributed by atoms with Gasteiger partial charge in [-0.2, -0.15) is 0 Å². The molecular formula is C14H18FN3O3. The second-order valence-electron chi connectivity index (χ2n) is 5.56. The minimum Gasteiger partial charge on any atom is -0.338 e. The quantitative estimate of drug-likeness (QED) is 0.666. The molecule has 7 heteroatoms. The van der Waals surface area contributed by atoms with E-state index in [4.69, 9.17) is 5.73 Å². The molecule has 1 aromatic carbocycles. The molecule has 2 atom stereocenters. The Hall–Kier alpha value is -2.02. The first-order valence-corrected chi connectivity index (χ1v) is 6.80. The highest BCUT2D eigenvalue weighted by Crippen LogP contribution is 2.24. The zero-order valence-corrected chi connectivity index (χ0v) is 12.0. The lowest BCUT2D eigenvalue weighted by Crippen LogP contribution is -2.48. The van der Waals surface area contributed by atoms with Crippen molar-refractivity contribution in [1.82, 2.24) is 4.90 Å². The van der Waals surface area contributed by atoms with Crippen LogP contribution in [-0.4, -0.2) is 34.9 Å². The maximum atomic E-state index is 14.1. The van der Waals surface area contributed by atoms with Crippen molar-refractivity contribution in [2.75, 3.05) is 13.1 Å². The van der Waals surface area contributed by atoms with Crippen LogP contribution in [0.25, 0.3) is 0 Å². The Morgan fingerprint density at radius 2 is 2.19 bits per heavy atom. The molecule has 0 bridgehead atoms. The molecule has 0 radical (unpaired) electrons. The molecular weight excluding hydrogens is 277 g/mol. The second kappa shape index (κ2) is 5.77. The number of hydrogen-bond donors (Lipinski definition) is 1. The largest absolute Gasteiger partial charge is 0.338 e. The van der Waals surface area contributed by atoms with E-state index >= 15 is 0 Å². The zero-order chi connectivity index (χ0) is 15.7. The summed E-state index contributed by atoms with van der Waals surface area (Å²) in [7, 11) is 0. The van der Waals surface area contributed by atoms with Crippen LogP contribution in [0.3, 0.4) is 0 Å². The van der Waals surface area contributed by atoms with E-state index in [0.717, 1.165) is 12.1 Å². The van der Waals surface area contributed by atoms with Crippen LogP contribution in [0.5, 0.6) is 0 Å². The van der Waals surface area contributed by atoms with Gasteiger partial charge in [0.15, 0.2) is 0 Å². The molecule has 2 rings (SSSR count). The summed E-state index contributed by atoms with van der Waals surface area (Å²) in [6.07, 6.45) is 0.641. The number of carbonyl (C=O) groups excluding carboxylic acids is 1. The van der Waals surface area contributed by atoms with Crippen molar-refractivity contribution in [2.45, 2.75) is 26.3 Å². The number of nitrogens with zero attached hydrogens (tertiary/aromatic N) is 2. The Balaban J connectivity index is 2.33. The number of hydrogen-bond acceptors (Lipinski definition) is 4. The normalized spacial score (nSPS) is 22.2. The number of nitro groups is 1. The SMILES string of the molecule is Cc1cc([N+](=O)[O-])cc(C(=O)N2CCC(N)C(C)C2)c1F. The highest BCUT2D eigenvalue weighted by Gasteiger charge is 2.29. The van der Waals surface area contributed by atoms with Gasteiger partial charge in [-0.15, -0.1) is 0 Å². The predicted octanol–water partition coefficient (Wildman–Crippen LogP) is 1.85. The Morgan fingerprint density at radius 1 is 1.52 bits per heavy atom. The van der Waals surface area contributed by atoms with Crippen LogP contribution in [0.15, 0.2) is 12.1 Å². The molecule has 1 aliphatic heterocycles. The van der Waals surface area contributed by atoms with Gasteiger partial charge in [-0.05, 0) is 24.8 Å². The van der Waals surface area contributed by atoms with Crippen molar-refractivity contribution < 1.29 is 14.1 Å². The Bertz CT molecular complexity index is 591. The second-order valence-corrected chi connectivity index (χ2v) is 5.56. The van der Waals surface area contributed by atoms with Gasteiger partial charge >= 0.3 is 0 Å². The standard InChI is InChI=1S/C14H18FN3O3/c1-8-5-10(18(20)21)6-11(13(8)15)14(19)17-4-3-12(16)9(2)7-17/h5-6,9,12H,3-4,7,16H2,1-2H3. The minimum atomic E-state index is -0.701. The van der Waals surface area contributed by atoms with Crippen molar-refractivity contribution in [1.29, 1.82) is 0 Å². The molecule has 21 heavy (non-hydrogen) atoms. The van der Waals surface area contributed by atoms with Crippen molar-refractivity contribution in [3.63, 3.8) is 0 Å². The van der Waals surface area contributed by atoms with Crippen LogP contribution >= 0.6 is 0 Å². The molecule has 1 amide bonds. The lowest BCUT2D eigenvalue weighted by molar-refractivity contribution is -0.385. The Labute approximate surface area is 121 Å². The fourth-order valence-corrected chi connectivity index (χ4v) is 2.53. The number of nitro benzene ring substituents is 1. The van der Waals surface area contributed by atoms with Crippen molar-refractivity contribution in [3.05, 3.63) is 39.2 Å². The Kier molecular flexibility index (Phi) is 4.22. The number of carbonyl (C=O) groups is 1. The summed E-state index contributed by atoms with van der Waals surface area (Å²) < 4.78 is 14.1. The van der Waals surface area contributed by atoms with E-state index in [-0.39, 0.29) is 28.8 Å². The Morgan fingerprint density at radius 3 is 2.76 bits per heavy atom. The number of aryl methyl sites for hydroxylation is 1. The van der Waals surface area contributed by atoms with Gasteiger partial charge in [-0.25, -0.2) is 4.39 Å². The zero-order valence-electron chi connectivity index (χ0n) is 12.0. The molecule has 2 unspecified atom stereocenters. The number of rotatable bonds is 2. The molecule has 1 heterocycles. The number of piperidine rings is 1. The van der Waals surface area contributed by atoms with Gasteiger partial charge < -0.3 is 10.6 Å². The van der Waals surface area contributed by atoms with Gasteiger partial charge in [0.25, 0.3) is 11.6 Å². The van der Waals surface area contributed by atoms with E-state index < -0.39 is 16.6 Å². The third-order valence-corrected chi connectivity index (χ3v) is 3.94. The summed E-state index contributed by atoms with van der Waals surface area (Å²) in [6, 6.07) is 2.15. The van der Waals surface area contributed by atoms with Crippen LogP contribution in [0.4, 0.5) is 10.1 Å². The molecule has 0 aliphatic carbocycles. The molecule has 114 valence electrons. The van der Waals surface area contributed by atoms with E-state index in [1.807, 2.05) is 6.92 Å². The number of likely N-dealkylation sites (tertiary alicyclic amines) is 1. The smallest absolute Gasteiger partial charge is 0.270 e. The monoisotopic (exact) mass is 295 g/mol. The highest BCUT2D eigenvalue weighted by atomic mass is 19.1. The minimum absolute atomic E-state index is 0.0192. The number of amides is 1. The van der Waals surface area contributed by atoms with Crippen molar-refractivity contribution in [2.24, 2.45) is 11.7 Å². The maximum absolute atomic E-state index is 14.1. The van der Waals surface area contributed by atoms with Gasteiger partial charge in [0.2, 0.25) is 0 Å². The number of nitrogens with two attached hydrogens (primary N) is 1. The first kappa shape index (κ1) is 15.4. The third-order valence-electron chi connectivity index (χ3n) is 3.94. The fraction of sp³-hybridized carbons (Fsp3) is 0.500. The molecule has 0 aromatic heterocycles. The first-order chi connectivity index (χ1) is 9.81. The van der Waals surface area contributed by atoms with Gasteiger partial charge in [0.05, 0.1) is 10.5 Å². The average Bonchev–Trinajstić information content (AvgIpc) is 2.43. The van der Waals surface area contributed by atoms with Crippen molar-refractivity contribution in [3.8, 4) is 0 Å². The lowest BCUT2D eigenvalue weighted by atomic mass is 9.94. The maximum Gasteiger partial charge on any atom is 0.270 e. The van der Waals surface area contributed by atoms with E-state index in [1.54, 1.807) is 0 Å². The fourth-order valence-electron chi connectivity index (χ4n) is 2.53. The highest BCUT2D eigenvalue weighted by molar-refractivity contribution is 5.95. The van der Waals surface area contributed by atoms with Crippen LogP contribution in [0.1, 0.15) is 29.3 Å². The van der Waals surface area contributed by atoms with E-state index in [2.05, 4.69) is 0 Å². The molecule has 6 nitrogen and oxygen atoms in total. The third kappa shape index (κ3) is 3.02. The summed E-state index contributed by atoms with van der Waals surface area (Å²) in [5.41, 5.74) is 5.46. The summed E-state index contributed by atoms with van der Waals surface area (Å²) in [5, 5.41) is 10.9. The summed E-state index contributed by atoms with van der Waals surface area (Å²) in [5.74, 6) is -1.10. The molecule has 2 N–H and O–H groups in total. The van der Waals surface area contributed by atoms with Gasteiger partial charge in [0.1, 0.15) is 5.82 Å². The van der Waals surface area contributed by atoms with Crippen LogP contribution in [0, 0.1) is 28.8 Å². The van der Waals surface area contributed by atoms with E-state index in [9.17, 15) is 19.3 Å². The average molecular weight is 295 g/mol. The van der Waals surface area contributed by atoms with Crippen molar-refractivity contribution >= 4 is 11.6 Å². The van der Waals surface area contributed by atoms with Crippen LogP contribution < -0.4 is 5.73 Å². The first-order valence-electron chi connectivity index (χ1n) is 6.80. The molecule has 0 spiro atoms. The molecule has 0 saturated carbocycles. The lowest BCUT2D eigenvalue weighted by Gasteiger charge is -2.35. The summed E-state index contributed by atoms with van der Waals surface area (Å²) >= 11 is 0. The van der Waals surface area contributed by atoms with Gasteiger partial charge in [-0.3, -0.25) is 14.9 Å². The molecule has 1 aliphatic rings. The van der Waals surface area contributed by atoms with Gasteiger partial charge in [0, 0.05) is 31.3 Å². The number of halogens is 1. The van der Waals surface area contributed by atoms with Crippen LogP contribution in [-0.2, 0) is 0 Å². The molecule has 1 aromatic rings. The number of non-ortho nitro benzene ring substituents is 1. The summed E-state index contributed by atoms with van der Waals surface area (Å²) in [6.45, 7) is 4.21. The molecule has 1 saturated heterocycles.